The van der Waals surface area contributed by atoms with Gasteiger partial charge in [0.15, 0.2) is 0 Å². The number of ether oxygens (including phenoxy) is 1. The highest BCUT2D eigenvalue weighted by Crippen LogP contribution is 2.29. The van der Waals surface area contributed by atoms with E-state index >= 15 is 0 Å². The molecule has 0 aliphatic rings. The average molecular weight is 260 g/mol. The maximum absolute atomic E-state index is 12.3. The monoisotopic (exact) mass is 260 g/mol. The van der Waals surface area contributed by atoms with Crippen LogP contribution < -0.4 is 0 Å². The molecule has 0 fully saturated rings. The molecule has 0 unspecified atom stereocenters. The van der Waals surface area contributed by atoms with E-state index in [-0.39, 0.29) is 5.97 Å². The summed E-state index contributed by atoms with van der Waals surface area (Å²) < 4.78 is 41.4. The van der Waals surface area contributed by atoms with Gasteiger partial charge in [0, 0.05) is 6.42 Å². The van der Waals surface area contributed by atoms with Gasteiger partial charge in [-0.2, -0.15) is 13.2 Å². The Balaban J connectivity index is 2.38. The van der Waals surface area contributed by atoms with Crippen LogP contribution in [-0.2, 0) is 22.1 Å². The van der Waals surface area contributed by atoms with Crippen LogP contribution in [0.1, 0.15) is 30.4 Å². The molecule has 1 aromatic rings. The summed E-state index contributed by atoms with van der Waals surface area (Å²) in [4.78, 5) is 10.8. The fourth-order valence-corrected chi connectivity index (χ4v) is 1.56. The summed E-state index contributed by atoms with van der Waals surface area (Å²) in [7, 11) is 1.33. The van der Waals surface area contributed by atoms with E-state index in [1.807, 2.05) is 0 Å². The second kappa shape index (κ2) is 6.42. The largest absolute Gasteiger partial charge is 0.469 e. The molecule has 100 valence electrons. The third-order valence-electron chi connectivity index (χ3n) is 2.61. The van der Waals surface area contributed by atoms with Gasteiger partial charge in [-0.15, -0.1) is 0 Å². The number of benzene rings is 1. The van der Waals surface area contributed by atoms with Crippen LogP contribution in [0.3, 0.4) is 0 Å². The topological polar surface area (TPSA) is 26.3 Å². The molecule has 0 atom stereocenters. The van der Waals surface area contributed by atoms with Gasteiger partial charge in [0.25, 0.3) is 0 Å². The Morgan fingerprint density at radius 1 is 1.17 bits per heavy atom. The molecular weight excluding hydrogens is 245 g/mol. The summed E-state index contributed by atoms with van der Waals surface area (Å²) in [5.74, 6) is -0.262. The Bertz CT molecular complexity index is 382. The zero-order valence-electron chi connectivity index (χ0n) is 10.1. The highest BCUT2D eigenvalue weighted by molar-refractivity contribution is 5.68. The predicted molar refractivity (Wildman–Crippen MR) is 61.0 cm³/mol. The van der Waals surface area contributed by atoms with Gasteiger partial charge in [0.2, 0.25) is 0 Å². The number of carbonyl (C=O) groups is 1. The van der Waals surface area contributed by atoms with E-state index in [2.05, 4.69) is 4.74 Å². The van der Waals surface area contributed by atoms with Crippen molar-refractivity contribution in [1.29, 1.82) is 0 Å². The highest BCUT2D eigenvalue weighted by atomic mass is 19.4. The van der Waals surface area contributed by atoms with Crippen LogP contribution in [0.5, 0.6) is 0 Å². The van der Waals surface area contributed by atoms with Gasteiger partial charge in [0.05, 0.1) is 12.7 Å². The summed E-state index contributed by atoms with van der Waals surface area (Å²) in [5.41, 5.74) is 0.202. The molecule has 0 N–H and O–H groups in total. The van der Waals surface area contributed by atoms with E-state index in [4.69, 9.17) is 0 Å². The lowest BCUT2D eigenvalue weighted by molar-refractivity contribution is -0.140. The van der Waals surface area contributed by atoms with Crippen LogP contribution in [0.25, 0.3) is 0 Å². The Kier molecular flexibility index (Phi) is 5.19. The molecule has 0 radical (unpaired) electrons. The highest BCUT2D eigenvalue weighted by Gasteiger charge is 2.29. The van der Waals surface area contributed by atoms with Gasteiger partial charge >= 0.3 is 12.1 Å². The number of methoxy groups -OCH3 is 1. The van der Waals surface area contributed by atoms with Crippen molar-refractivity contribution in [3.8, 4) is 0 Å². The van der Waals surface area contributed by atoms with Crippen molar-refractivity contribution in [2.75, 3.05) is 7.11 Å². The standard InChI is InChI=1S/C13H15F3O2/c1-18-12(17)5-3-2-4-10-6-8-11(9-7-10)13(14,15)16/h6-9H,2-5H2,1H3. The molecule has 0 saturated heterocycles. The minimum absolute atomic E-state index is 0.262. The van der Waals surface area contributed by atoms with Crippen molar-refractivity contribution in [3.05, 3.63) is 35.4 Å². The molecule has 0 spiro atoms. The molecule has 2 nitrogen and oxygen atoms in total. The number of hydrogen-bond donors (Lipinski definition) is 0. The molecule has 0 aliphatic carbocycles. The number of carbonyl (C=O) groups excluding carboxylic acids is 1. The fraction of sp³-hybridized carbons (Fsp3) is 0.462. The number of esters is 1. The lowest BCUT2D eigenvalue weighted by atomic mass is 10.1. The van der Waals surface area contributed by atoms with E-state index in [0.717, 1.165) is 24.1 Å². The van der Waals surface area contributed by atoms with E-state index in [1.165, 1.54) is 19.2 Å². The summed E-state index contributed by atoms with van der Waals surface area (Å²) in [6.07, 6.45) is -1.86. The Labute approximate surface area is 104 Å². The molecule has 0 amide bonds. The number of unbranched alkanes of at least 4 members (excludes halogenated alkanes) is 1. The first kappa shape index (κ1) is 14.5. The second-order valence-corrected chi connectivity index (χ2v) is 3.98. The van der Waals surface area contributed by atoms with Crippen molar-refractivity contribution >= 4 is 5.97 Å². The zero-order chi connectivity index (χ0) is 13.6. The summed E-state index contributed by atoms with van der Waals surface area (Å²) in [6.45, 7) is 0. The summed E-state index contributed by atoms with van der Waals surface area (Å²) in [5, 5.41) is 0. The Hall–Kier alpha value is -1.52. The van der Waals surface area contributed by atoms with Crippen LogP contribution in [0, 0.1) is 0 Å². The molecule has 18 heavy (non-hydrogen) atoms. The average Bonchev–Trinajstić information content (AvgIpc) is 2.33. The maximum atomic E-state index is 12.3. The molecule has 1 aromatic carbocycles. The molecular formula is C13H15F3O2. The number of hydrogen-bond acceptors (Lipinski definition) is 2. The lowest BCUT2D eigenvalue weighted by Crippen LogP contribution is -2.04. The molecule has 0 aliphatic heterocycles. The van der Waals surface area contributed by atoms with Crippen molar-refractivity contribution in [3.63, 3.8) is 0 Å². The van der Waals surface area contributed by atoms with Crippen LogP contribution in [-0.4, -0.2) is 13.1 Å². The van der Waals surface area contributed by atoms with Crippen LogP contribution >= 0.6 is 0 Å². The van der Waals surface area contributed by atoms with Gasteiger partial charge in [-0.1, -0.05) is 12.1 Å². The first-order valence-electron chi connectivity index (χ1n) is 5.66. The third kappa shape index (κ3) is 4.77. The van der Waals surface area contributed by atoms with Crippen LogP contribution in [0.2, 0.25) is 0 Å². The van der Waals surface area contributed by atoms with Gasteiger partial charge in [-0.05, 0) is 37.0 Å². The molecule has 0 heterocycles. The molecule has 5 heteroatoms. The minimum atomic E-state index is -4.29. The number of alkyl halides is 3. The number of halogens is 3. The Morgan fingerprint density at radius 2 is 1.78 bits per heavy atom. The van der Waals surface area contributed by atoms with E-state index < -0.39 is 11.7 Å². The first-order chi connectivity index (χ1) is 8.43. The van der Waals surface area contributed by atoms with Crippen LogP contribution in [0.15, 0.2) is 24.3 Å². The number of aryl methyl sites for hydroxylation is 1. The van der Waals surface area contributed by atoms with Crippen molar-refractivity contribution in [1.82, 2.24) is 0 Å². The van der Waals surface area contributed by atoms with Gasteiger partial charge in [0.1, 0.15) is 0 Å². The maximum Gasteiger partial charge on any atom is 0.416 e. The van der Waals surface area contributed by atoms with Crippen molar-refractivity contribution < 1.29 is 22.7 Å². The van der Waals surface area contributed by atoms with E-state index in [0.29, 0.717) is 19.3 Å². The molecule has 1 rings (SSSR count). The van der Waals surface area contributed by atoms with Crippen molar-refractivity contribution in [2.45, 2.75) is 31.9 Å². The van der Waals surface area contributed by atoms with Gasteiger partial charge in [-0.3, -0.25) is 4.79 Å². The molecule has 0 bridgehead atoms. The SMILES string of the molecule is COC(=O)CCCCc1ccc(C(F)(F)F)cc1. The lowest BCUT2D eigenvalue weighted by Gasteiger charge is -2.07. The fourth-order valence-electron chi connectivity index (χ4n) is 1.56. The predicted octanol–water partition coefficient (Wildman–Crippen LogP) is 3.59. The van der Waals surface area contributed by atoms with Gasteiger partial charge in [-0.25, -0.2) is 0 Å². The molecule has 0 saturated carbocycles. The van der Waals surface area contributed by atoms with Crippen molar-refractivity contribution in [2.24, 2.45) is 0 Å². The molecule has 0 aromatic heterocycles. The zero-order valence-corrected chi connectivity index (χ0v) is 10.1. The number of rotatable bonds is 5. The Morgan fingerprint density at radius 3 is 2.28 bits per heavy atom. The normalized spacial score (nSPS) is 11.3. The second-order valence-electron chi connectivity index (χ2n) is 3.98. The van der Waals surface area contributed by atoms with E-state index in [9.17, 15) is 18.0 Å². The quantitative estimate of drug-likeness (QED) is 0.597. The summed E-state index contributed by atoms with van der Waals surface area (Å²) >= 11 is 0. The minimum Gasteiger partial charge on any atom is -0.469 e. The third-order valence-corrected chi connectivity index (χ3v) is 2.61. The first-order valence-corrected chi connectivity index (χ1v) is 5.66. The summed E-state index contributed by atoms with van der Waals surface area (Å²) in [6, 6.07) is 5.10. The van der Waals surface area contributed by atoms with E-state index in [1.54, 1.807) is 0 Å². The van der Waals surface area contributed by atoms with Crippen LogP contribution in [0.4, 0.5) is 13.2 Å². The smallest absolute Gasteiger partial charge is 0.416 e. The van der Waals surface area contributed by atoms with Gasteiger partial charge < -0.3 is 4.74 Å².